The Labute approximate surface area is 77.6 Å². The van der Waals surface area contributed by atoms with Crippen molar-refractivity contribution in [3.05, 3.63) is 18.0 Å². The lowest BCUT2D eigenvalue weighted by atomic mass is 10.2. The van der Waals surface area contributed by atoms with Crippen LogP contribution in [0.4, 0.5) is 0 Å². The van der Waals surface area contributed by atoms with Gasteiger partial charge in [-0.05, 0) is 13.0 Å². The van der Waals surface area contributed by atoms with E-state index in [1.165, 1.54) is 0 Å². The molecule has 0 saturated heterocycles. The predicted molar refractivity (Wildman–Crippen MR) is 52.9 cm³/mol. The maximum atomic E-state index is 5.48. The van der Waals surface area contributed by atoms with E-state index in [9.17, 15) is 0 Å². The fraction of sp³-hybridized carbons (Fsp3) is 0.500. The van der Waals surface area contributed by atoms with Crippen molar-refractivity contribution >= 4 is 17.2 Å². The molecule has 1 aromatic heterocycles. The minimum atomic E-state index is 0.208. The third-order valence-corrected chi connectivity index (χ3v) is 2.12. The summed E-state index contributed by atoms with van der Waals surface area (Å²) < 4.78 is 1.86. The molecule has 0 saturated carbocycles. The maximum Gasteiger partial charge on any atom is 0.0774 e. The molecule has 0 aliphatic rings. The summed E-state index contributed by atoms with van der Waals surface area (Å²) >= 11 is 4.86. The molecule has 0 bridgehead atoms. The summed E-state index contributed by atoms with van der Waals surface area (Å²) in [6, 6.07) is 1.96. The van der Waals surface area contributed by atoms with Crippen LogP contribution in [0.3, 0.4) is 0 Å². The molecular formula is C8H13N3S. The van der Waals surface area contributed by atoms with Crippen LogP contribution in [0, 0.1) is 12.8 Å². The zero-order valence-corrected chi connectivity index (χ0v) is 8.14. The molecule has 0 aliphatic heterocycles. The first-order chi connectivity index (χ1) is 5.59. The van der Waals surface area contributed by atoms with Crippen molar-refractivity contribution in [3.63, 3.8) is 0 Å². The van der Waals surface area contributed by atoms with Crippen LogP contribution in [0.1, 0.15) is 12.6 Å². The van der Waals surface area contributed by atoms with Gasteiger partial charge in [-0.1, -0.05) is 19.1 Å². The molecule has 12 heavy (non-hydrogen) atoms. The van der Waals surface area contributed by atoms with Crippen LogP contribution in [-0.4, -0.2) is 14.8 Å². The zero-order chi connectivity index (χ0) is 9.14. The summed E-state index contributed by atoms with van der Waals surface area (Å²) in [4.78, 5) is 0.545. The Morgan fingerprint density at radius 2 is 2.50 bits per heavy atom. The lowest BCUT2D eigenvalue weighted by Gasteiger charge is -2.08. The largest absolute Gasteiger partial charge is 0.393 e. The summed E-state index contributed by atoms with van der Waals surface area (Å²) in [6.07, 6.45) is 1.93. The summed E-state index contributed by atoms with van der Waals surface area (Å²) in [5.74, 6) is 0.208. The predicted octanol–water partition coefficient (Wildman–Crippen LogP) is 1.11. The Morgan fingerprint density at radius 3 is 2.92 bits per heavy atom. The number of hydrogen-bond donors (Lipinski definition) is 1. The summed E-state index contributed by atoms with van der Waals surface area (Å²) in [6.45, 7) is 4.73. The van der Waals surface area contributed by atoms with Crippen molar-refractivity contribution in [1.82, 2.24) is 9.78 Å². The lowest BCUT2D eigenvalue weighted by Crippen LogP contribution is -2.23. The van der Waals surface area contributed by atoms with Crippen LogP contribution < -0.4 is 5.73 Å². The van der Waals surface area contributed by atoms with E-state index in [2.05, 4.69) is 5.10 Å². The number of hydrogen-bond acceptors (Lipinski definition) is 2. The smallest absolute Gasteiger partial charge is 0.0774 e. The lowest BCUT2D eigenvalue weighted by molar-refractivity contribution is 0.540. The van der Waals surface area contributed by atoms with Gasteiger partial charge < -0.3 is 5.73 Å². The van der Waals surface area contributed by atoms with Gasteiger partial charge in [0.1, 0.15) is 0 Å². The quantitative estimate of drug-likeness (QED) is 0.714. The number of aromatic nitrogens is 2. The number of nitrogens with two attached hydrogens (primary N) is 1. The van der Waals surface area contributed by atoms with E-state index in [1.807, 2.05) is 30.8 Å². The van der Waals surface area contributed by atoms with Crippen molar-refractivity contribution in [2.75, 3.05) is 0 Å². The normalized spacial score (nSPS) is 12.8. The van der Waals surface area contributed by atoms with Crippen molar-refractivity contribution in [2.45, 2.75) is 20.4 Å². The van der Waals surface area contributed by atoms with Crippen LogP contribution in [-0.2, 0) is 6.54 Å². The standard InChI is InChI=1S/C8H13N3S/c1-6(8(9)12)5-11-4-3-7(2)10-11/h3-4,6H,5H2,1-2H3,(H2,9,12)/t6-/m1/s1. The van der Waals surface area contributed by atoms with Gasteiger partial charge in [0.25, 0.3) is 0 Å². The van der Waals surface area contributed by atoms with Crippen LogP contribution in [0.2, 0.25) is 0 Å². The minimum absolute atomic E-state index is 0.208. The van der Waals surface area contributed by atoms with E-state index in [0.717, 1.165) is 12.2 Å². The van der Waals surface area contributed by atoms with Crippen LogP contribution in [0.5, 0.6) is 0 Å². The average molecular weight is 183 g/mol. The summed E-state index contributed by atoms with van der Waals surface area (Å²) in [5.41, 5.74) is 6.50. The number of rotatable bonds is 3. The van der Waals surface area contributed by atoms with E-state index in [1.54, 1.807) is 0 Å². The molecule has 0 aliphatic carbocycles. The highest BCUT2D eigenvalue weighted by Crippen LogP contribution is 2.01. The topological polar surface area (TPSA) is 43.8 Å². The van der Waals surface area contributed by atoms with Crippen LogP contribution in [0.15, 0.2) is 12.3 Å². The maximum absolute atomic E-state index is 5.48. The molecule has 1 atom stereocenters. The molecule has 2 N–H and O–H groups in total. The van der Waals surface area contributed by atoms with Crippen molar-refractivity contribution < 1.29 is 0 Å². The second kappa shape index (κ2) is 3.67. The molecule has 1 heterocycles. The monoisotopic (exact) mass is 183 g/mol. The third kappa shape index (κ3) is 2.30. The molecule has 1 aromatic rings. The van der Waals surface area contributed by atoms with Gasteiger partial charge in [-0.25, -0.2) is 0 Å². The average Bonchev–Trinajstić information content (AvgIpc) is 2.35. The molecule has 0 fully saturated rings. The Kier molecular flexibility index (Phi) is 2.81. The summed E-state index contributed by atoms with van der Waals surface area (Å²) in [7, 11) is 0. The Morgan fingerprint density at radius 1 is 1.83 bits per heavy atom. The molecule has 66 valence electrons. The van der Waals surface area contributed by atoms with Gasteiger partial charge in [-0.3, -0.25) is 4.68 Å². The number of aryl methyl sites for hydroxylation is 1. The summed E-state index contributed by atoms with van der Waals surface area (Å²) in [5, 5.41) is 4.23. The van der Waals surface area contributed by atoms with Gasteiger partial charge in [0, 0.05) is 18.7 Å². The van der Waals surface area contributed by atoms with E-state index in [0.29, 0.717) is 4.99 Å². The van der Waals surface area contributed by atoms with Crippen molar-refractivity contribution in [3.8, 4) is 0 Å². The van der Waals surface area contributed by atoms with Gasteiger partial charge >= 0.3 is 0 Å². The molecule has 0 unspecified atom stereocenters. The highest BCUT2D eigenvalue weighted by Gasteiger charge is 2.05. The Balaban J connectivity index is 2.58. The van der Waals surface area contributed by atoms with Gasteiger partial charge in [-0.15, -0.1) is 0 Å². The van der Waals surface area contributed by atoms with E-state index in [4.69, 9.17) is 18.0 Å². The van der Waals surface area contributed by atoms with E-state index in [-0.39, 0.29) is 5.92 Å². The molecule has 0 radical (unpaired) electrons. The van der Waals surface area contributed by atoms with Crippen molar-refractivity contribution in [2.24, 2.45) is 11.7 Å². The minimum Gasteiger partial charge on any atom is -0.393 e. The molecule has 0 aromatic carbocycles. The Bertz CT molecular complexity index is 280. The van der Waals surface area contributed by atoms with Gasteiger partial charge in [0.05, 0.1) is 10.7 Å². The first-order valence-electron chi connectivity index (χ1n) is 3.89. The highest BCUT2D eigenvalue weighted by molar-refractivity contribution is 7.80. The van der Waals surface area contributed by atoms with Gasteiger partial charge in [0.15, 0.2) is 0 Å². The number of thiocarbonyl (C=S) groups is 1. The third-order valence-electron chi connectivity index (χ3n) is 1.72. The SMILES string of the molecule is Cc1ccn(C[C@@H](C)C(N)=S)n1. The fourth-order valence-electron chi connectivity index (χ4n) is 0.935. The zero-order valence-electron chi connectivity index (χ0n) is 7.32. The van der Waals surface area contributed by atoms with Crippen LogP contribution in [0.25, 0.3) is 0 Å². The molecular weight excluding hydrogens is 170 g/mol. The molecule has 0 spiro atoms. The molecule has 0 amide bonds. The molecule has 1 rings (SSSR count). The second-order valence-corrected chi connectivity index (χ2v) is 3.45. The molecule has 4 heteroatoms. The van der Waals surface area contributed by atoms with Gasteiger partial charge in [0.2, 0.25) is 0 Å². The highest BCUT2D eigenvalue weighted by atomic mass is 32.1. The first kappa shape index (κ1) is 9.19. The first-order valence-corrected chi connectivity index (χ1v) is 4.30. The van der Waals surface area contributed by atoms with Crippen molar-refractivity contribution in [1.29, 1.82) is 0 Å². The van der Waals surface area contributed by atoms with E-state index >= 15 is 0 Å². The van der Waals surface area contributed by atoms with Crippen LogP contribution >= 0.6 is 12.2 Å². The van der Waals surface area contributed by atoms with Gasteiger partial charge in [-0.2, -0.15) is 5.10 Å². The second-order valence-electron chi connectivity index (χ2n) is 2.98. The molecule has 3 nitrogen and oxygen atoms in total. The fourth-order valence-corrected chi connectivity index (χ4v) is 1.01. The van der Waals surface area contributed by atoms with E-state index < -0.39 is 0 Å². The number of nitrogens with zero attached hydrogens (tertiary/aromatic N) is 2. The Hall–Kier alpha value is -0.900.